The summed E-state index contributed by atoms with van der Waals surface area (Å²) in [5.41, 5.74) is 3.46. The van der Waals surface area contributed by atoms with Gasteiger partial charge in [0.05, 0.1) is 13.2 Å². The summed E-state index contributed by atoms with van der Waals surface area (Å²) in [5, 5.41) is 12.3. The summed E-state index contributed by atoms with van der Waals surface area (Å²) in [6, 6.07) is 13.1. The van der Waals surface area contributed by atoms with Crippen LogP contribution >= 0.6 is 0 Å². The van der Waals surface area contributed by atoms with Crippen LogP contribution in [0.25, 0.3) is 6.08 Å². The molecular weight excluding hydrogens is 364 g/mol. The number of ether oxygens (including phenoxy) is 2. The van der Waals surface area contributed by atoms with E-state index in [0.717, 1.165) is 11.1 Å². The zero-order chi connectivity index (χ0) is 21.4. The number of hydrogen-bond donors (Lipinski definition) is 1. The highest BCUT2D eigenvalue weighted by Gasteiger charge is 2.12. The second-order valence-corrected chi connectivity index (χ2v) is 7.34. The zero-order valence-corrected chi connectivity index (χ0v) is 17.7. The highest BCUT2D eigenvalue weighted by molar-refractivity contribution is 6.09. The fraction of sp³-hybridized carbons (Fsp3) is 0.333. The molecule has 0 spiro atoms. The van der Waals surface area contributed by atoms with Crippen molar-refractivity contribution in [2.45, 2.75) is 34.6 Å². The number of amides is 1. The van der Waals surface area contributed by atoms with Gasteiger partial charge in [0, 0.05) is 5.69 Å². The van der Waals surface area contributed by atoms with Gasteiger partial charge in [-0.05, 0) is 73.7 Å². The molecule has 0 aliphatic carbocycles. The van der Waals surface area contributed by atoms with Crippen molar-refractivity contribution in [2.24, 2.45) is 5.92 Å². The van der Waals surface area contributed by atoms with Crippen LogP contribution in [0.4, 0.5) is 5.69 Å². The van der Waals surface area contributed by atoms with E-state index in [-0.39, 0.29) is 5.57 Å². The number of aryl methyl sites for hydroxylation is 2. The van der Waals surface area contributed by atoms with Gasteiger partial charge in [-0.15, -0.1) is 0 Å². The van der Waals surface area contributed by atoms with Gasteiger partial charge < -0.3 is 14.8 Å². The molecule has 5 nitrogen and oxygen atoms in total. The molecule has 2 aromatic rings. The van der Waals surface area contributed by atoms with E-state index >= 15 is 0 Å². The summed E-state index contributed by atoms with van der Waals surface area (Å²) in [6.07, 6.45) is 1.55. The lowest BCUT2D eigenvalue weighted by Gasteiger charge is -2.14. The van der Waals surface area contributed by atoms with Crippen LogP contribution < -0.4 is 14.8 Å². The molecule has 2 rings (SSSR count). The fourth-order valence-electron chi connectivity index (χ4n) is 2.82. The molecule has 152 valence electrons. The molecule has 0 unspecified atom stereocenters. The Morgan fingerprint density at radius 2 is 1.79 bits per heavy atom. The lowest BCUT2D eigenvalue weighted by atomic mass is 10.1. The smallest absolute Gasteiger partial charge is 0.266 e. The van der Waals surface area contributed by atoms with E-state index < -0.39 is 5.91 Å². The Morgan fingerprint density at radius 3 is 2.38 bits per heavy atom. The van der Waals surface area contributed by atoms with Gasteiger partial charge in [0.25, 0.3) is 5.91 Å². The average Bonchev–Trinajstić information content (AvgIpc) is 2.64. The van der Waals surface area contributed by atoms with Crippen LogP contribution in [0.2, 0.25) is 0 Å². The highest BCUT2D eigenvalue weighted by Crippen LogP contribution is 2.30. The third-order valence-electron chi connectivity index (χ3n) is 4.00. The van der Waals surface area contributed by atoms with Gasteiger partial charge in [-0.1, -0.05) is 26.0 Å². The Kier molecular flexibility index (Phi) is 7.85. The minimum Gasteiger partial charge on any atom is -0.490 e. The first kappa shape index (κ1) is 22.0. The summed E-state index contributed by atoms with van der Waals surface area (Å²) in [4.78, 5) is 12.6. The predicted octanol–water partition coefficient (Wildman–Crippen LogP) is 5.28. The Hall–Kier alpha value is -3.26. The maximum atomic E-state index is 12.6. The summed E-state index contributed by atoms with van der Waals surface area (Å²) in [5.74, 6) is 1.18. The van der Waals surface area contributed by atoms with E-state index in [1.807, 2.05) is 45.0 Å². The lowest BCUT2D eigenvalue weighted by molar-refractivity contribution is -0.112. The van der Waals surface area contributed by atoms with Crippen LogP contribution in [0.5, 0.6) is 11.5 Å². The summed E-state index contributed by atoms with van der Waals surface area (Å²) in [7, 11) is 0. The molecule has 0 aromatic heterocycles. The maximum absolute atomic E-state index is 12.6. The number of anilines is 1. The first-order valence-electron chi connectivity index (χ1n) is 9.73. The molecule has 0 saturated carbocycles. The number of carbonyl (C=O) groups is 1. The molecule has 0 saturated heterocycles. The van der Waals surface area contributed by atoms with Crippen molar-refractivity contribution in [1.29, 1.82) is 5.26 Å². The summed E-state index contributed by atoms with van der Waals surface area (Å²) < 4.78 is 11.5. The molecule has 0 aliphatic heterocycles. The van der Waals surface area contributed by atoms with Crippen LogP contribution in [-0.2, 0) is 4.79 Å². The van der Waals surface area contributed by atoms with Gasteiger partial charge >= 0.3 is 0 Å². The number of nitriles is 1. The molecule has 0 atom stereocenters. The second-order valence-electron chi connectivity index (χ2n) is 7.34. The van der Waals surface area contributed by atoms with Crippen molar-refractivity contribution in [1.82, 2.24) is 0 Å². The van der Waals surface area contributed by atoms with Gasteiger partial charge in [-0.2, -0.15) is 5.26 Å². The van der Waals surface area contributed by atoms with Crippen LogP contribution in [0.1, 0.15) is 37.5 Å². The second kappa shape index (κ2) is 10.3. The topological polar surface area (TPSA) is 71.3 Å². The van der Waals surface area contributed by atoms with Crippen LogP contribution in [0, 0.1) is 31.1 Å². The number of benzene rings is 2. The van der Waals surface area contributed by atoms with Gasteiger partial charge in [-0.25, -0.2) is 0 Å². The van der Waals surface area contributed by atoms with Crippen molar-refractivity contribution < 1.29 is 14.3 Å². The van der Waals surface area contributed by atoms with E-state index in [2.05, 4.69) is 19.2 Å². The molecule has 0 radical (unpaired) electrons. The summed E-state index contributed by atoms with van der Waals surface area (Å²) in [6.45, 7) is 11.0. The Bertz CT molecular complexity index is 919. The molecule has 0 fully saturated rings. The van der Waals surface area contributed by atoms with Crippen molar-refractivity contribution in [3.05, 3.63) is 58.7 Å². The Balaban J connectivity index is 2.25. The normalized spacial score (nSPS) is 11.1. The van der Waals surface area contributed by atoms with Crippen LogP contribution in [-0.4, -0.2) is 19.1 Å². The highest BCUT2D eigenvalue weighted by atomic mass is 16.5. The number of hydrogen-bond acceptors (Lipinski definition) is 4. The molecule has 1 amide bonds. The zero-order valence-electron chi connectivity index (χ0n) is 17.7. The molecule has 29 heavy (non-hydrogen) atoms. The molecule has 2 aromatic carbocycles. The van der Waals surface area contributed by atoms with Crippen molar-refractivity contribution in [2.75, 3.05) is 18.5 Å². The SMILES string of the molecule is CCOc1cc(/C=C(\C#N)C(=O)Nc2cc(C)cc(C)c2)ccc1OCC(C)C. The number of nitrogens with one attached hydrogen (secondary N) is 1. The standard InChI is InChI=1S/C24H28N2O3/c1-6-28-23-13-19(7-8-22(23)29-15-16(2)3)12-20(14-25)24(27)26-21-10-17(4)9-18(5)11-21/h7-13,16H,6,15H2,1-5H3,(H,26,27)/b20-12+. The molecular formula is C24H28N2O3. The van der Waals surface area contributed by atoms with Gasteiger partial charge in [0.2, 0.25) is 0 Å². The molecule has 1 N–H and O–H groups in total. The molecule has 0 bridgehead atoms. The Labute approximate surface area is 173 Å². The van der Waals surface area contributed by atoms with E-state index in [0.29, 0.717) is 41.9 Å². The monoisotopic (exact) mass is 392 g/mol. The maximum Gasteiger partial charge on any atom is 0.266 e. The number of carbonyl (C=O) groups excluding carboxylic acids is 1. The van der Waals surface area contributed by atoms with Crippen molar-refractivity contribution in [3.63, 3.8) is 0 Å². The minimum absolute atomic E-state index is 0.0162. The largest absolute Gasteiger partial charge is 0.490 e. The third kappa shape index (κ3) is 6.69. The van der Waals surface area contributed by atoms with Crippen molar-refractivity contribution in [3.8, 4) is 17.6 Å². The Morgan fingerprint density at radius 1 is 1.10 bits per heavy atom. The number of rotatable bonds is 8. The first-order chi connectivity index (χ1) is 13.8. The lowest BCUT2D eigenvalue weighted by Crippen LogP contribution is -2.13. The van der Waals surface area contributed by atoms with E-state index in [9.17, 15) is 10.1 Å². The third-order valence-corrected chi connectivity index (χ3v) is 4.00. The minimum atomic E-state index is -0.449. The molecule has 0 heterocycles. The summed E-state index contributed by atoms with van der Waals surface area (Å²) >= 11 is 0. The molecule has 0 aliphatic rings. The fourth-order valence-corrected chi connectivity index (χ4v) is 2.82. The van der Waals surface area contributed by atoms with Gasteiger partial charge in [0.1, 0.15) is 11.6 Å². The molecule has 5 heteroatoms. The van der Waals surface area contributed by atoms with Gasteiger partial charge in [0.15, 0.2) is 11.5 Å². The van der Waals surface area contributed by atoms with Crippen LogP contribution in [0.3, 0.4) is 0 Å². The number of nitrogens with zero attached hydrogens (tertiary/aromatic N) is 1. The van der Waals surface area contributed by atoms with Crippen LogP contribution in [0.15, 0.2) is 42.0 Å². The predicted molar refractivity (Wildman–Crippen MR) is 116 cm³/mol. The van der Waals surface area contributed by atoms with Crippen molar-refractivity contribution >= 4 is 17.7 Å². The van der Waals surface area contributed by atoms with Gasteiger partial charge in [-0.3, -0.25) is 4.79 Å². The van der Waals surface area contributed by atoms with E-state index in [1.54, 1.807) is 24.3 Å². The van der Waals surface area contributed by atoms with E-state index in [1.165, 1.54) is 0 Å². The quantitative estimate of drug-likeness (QED) is 0.490. The average molecular weight is 392 g/mol. The first-order valence-corrected chi connectivity index (χ1v) is 9.73. The van der Waals surface area contributed by atoms with E-state index in [4.69, 9.17) is 9.47 Å².